The third-order valence-corrected chi connectivity index (χ3v) is 2.19. The van der Waals surface area contributed by atoms with E-state index in [1.54, 1.807) is 16.9 Å². The largest absolute Gasteiger partial charge is 0.324 e. The van der Waals surface area contributed by atoms with Crippen molar-refractivity contribution < 1.29 is 0 Å². The van der Waals surface area contributed by atoms with Crippen LogP contribution in [0.4, 0.5) is 0 Å². The molecule has 0 aromatic carbocycles. The quantitative estimate of drug-likeness (QED) is 0.746. The molecule has 2 N–H and O–H groups in total. The van der Waals surface area contributed by atoms with E-state index in [0.29, 0.717) is 0 Å². The van der Waals surface area contributed by atoms with Gasteiger partial charge in [0.25, 0.3) is 0 Å². The van der Waals surface area contributed by atoms with Crippen LogP contribution in [0.2, 0.25) is 0 Å². The molecule has 0 aliphatic carbocycles. The van der Waals surface area contributed by atoms with Crippen LogP contribution in [0.3, 0.4) is 0 Å². The fourth-order valence-electron chi connectivity index (χ4n) is 1.36. The summed E-state index contributed by atoms with van der Waals surface area (Å²) >= 11 is 0. The number of hydrogen-bond acceptors (Lipinski definition) is 3. The molecule has 0 saturated carbocycles. The third-order valence-electron chi connectivity index (χ3n) is 2.19. The van der Waals surface area contributed by atoms with Crippen LogP contribution in [-0.2, 0) is 0 Å². The molecule has 0 radical (unpaired) electrons. The van der Waals surface area contributed by atoms with Crippen molar-refractivity contribution >= 4 is 5.52 Å². The summed E-state index contributed by atoms with van der Waals surface area (Å²) in [6.07, 6.45) is 8.04. The second-order valence-corrected chi connectivity index (χ2v) is 3.02. The first-order valence-corrected chi connectivity index (χ1v) is 4.35. The fraction of sp³-hybridized carbons (Fsp3) is 0.333. The predicted octanol–water partition coefficient (Wildman–Crippen LogP) is 1.14. The molecule has 1 atom stereocenters. The average molecular weight is 176 g/mol. The summed E-state index contributed by atoms with van der Waals surface area (Å²) < 4.78 is 1.79. The van der Waals surface area contributed by atoms with Gasteiger partial charge in [-0.2, -0.15) is 5.10 Å². The number of nitrogens with two attached hydrogens (primary N) is 1. The maximum Gasteiger partial charge on any atom is 0.0892 e. The summed E-state index contributed by atoms with van der Waals surface area (Å²) in [5.74, 6) is 0. The lowest BCUT2D eigenvalue weighted by Crippen LogP contribution is -2.08. The first-order chi connectivity index (χ1) is 6.33. The Bertz CT molecular complexity index is 407. The standard InChI is InChI=1S/C9H12N4/c1-2-8(10)7-5-12-13-4-3-11-6-9(7)13/h3-6,8H,2,10H2,1H3. The Morgan fingerprint density at radius 3 is 3.15 bits per heavy atom. The minimum Gasteiger partial charge on any atom is -0.324 e. The van der Waals surface area contributed by atoms with Gasteiger partial charge in [0, 0.05) is 24.0 Å². The molecule has 2 aromatic heterocycles. The molecule has 1 unspecified atom stereocenters. The van der Waals surface area contributed by atoms with Crippen molar-refractivity contribution in [1.82, 2.24) is 14.6 Å². The molecule has 68 valence electrons. The molecule has 2 rings (SSSR count). The van der Waals surface area contributed by atoms with Gasteiger partial charge in [-0.25, -0.2) is 4.52 Å². The van der Waals surface area contributed by atoms with Crippen molar-refractivity contribution in [1.29, 1.82) is 0 Å². The topological polar surface area (TPSA) is 56.2 Å². The van der Waals surface area contributed by atoms with E-state index in [1.165, 1.54) is 0 Å². The van der Waals surface area contributed by atoms with Crippen LogP contribution in [0.1, 0.15) is 24.9 Å². The van der Waals surface area contributed by atoms with Crippen LogP contribution in [0, 0.1) is 0 Å². The zero-order valence-electron chi connectivity index (χ0n) is 7.51. The van der Waals surface area contributed by atoms with Crippen LogP contribution >= 0.6 is 0 Å². The first kappa shape index (κ1) is 8.19. The highest BCUT2D eigenvalue weighted by Crippen LogP contribution is 2.17. The van der Waals surface area contributed by atoms with Crippen LogP contribution in [0.25, 0.3) is 5.52 Å². The van der Waals surface area contributed by atoms with E-state index < -0.39 is 0 Å². The number of nitrogens with zero attached hydrogens (tertiary/aromatic N) is 3. The van der Waals surface area contributed by atoms with E-state index in [0.717, 1.165) is 17.5 Å². The zero-order valence-corrected chi connectivity index (χ0v) is 7.51. The Balaban J connectivity index is 2.57. The van der Waals surface area contributed by atoms with Crippen molar-refractivity contribution in [3.8, 4) is 0 Å². The highest BCUT2D eigenvalue weighted by Gasteiger charge is 2.09. The summed E-state index contributed by atoms with van der Waals surface area (Å²) in [5.41, 5.74) is 7.99. The van der Waals surface area contributed by atoms with Gasteiger partial charge in [0.05, 0.1) is 17.9 Å². The second kappa shape index (κ2) is 3.14. The van der Waals surface area contributed by atoms with E-state index in [2.05, 4.69) is 17.0 Å². The van der Waals surface area contributed by atoms with E-state index in [4.69, 9.17) is 5.73 Å². The third kappa shape index (κ3) is 1.29. The highest BCUT2D eigenvalue weighted by atomic mass is 15.2. The van der Waals surface area contributed by atoms with Gasteiger partial charge < -0.3 is 5.73 Å². The zero-order chi connectivity index (χ0) is 9.26. The Hall–Kier alpha value is -1.42. The molecule has 2 aromatic rings. The van der Waals surface area contributed by atoms with Crippen LogP contribution < -0.4 is 5.73 Å². The van der Waals surface area contributed by atoms with Crippen LogP contribution in [0.5, 0.6) is 0 Å². The highest BCUT2D eigenvalue weighted by molar-refractivity contribution is 5.52. The molecule has 0 saturated heterocycles. The molecular weight excluding hydrogens is 164 g/mol. The summed E-state index contributed by atoms with van der Waals surface area (Å²) in [6, 6.07) is 0.0571. The van der Waals surface area contributed by atoms with E-state index in [-0.39, 0.29) is 6.04 Å². The smallest absolute Gasteiger partial charge is 0.0892 e. The molecule has 4 nitrogen and oxygen atoms in total. The molecule has 2 heterocycles. The van der Waals surface area contributed by atoms with Crippen molar-refractivity contribution in [3.63, 3.8) is 0 Å². The van der Waals surface area contributed by atoms with Crippen molar-refractivity contribution in [2.45, 2.75) is 19.4 Å². The fourth-order valence-corrected chi connectivity index (χ4v) is 1.36. The molecule has 0 bridgehead atoms. The monoisotopic (exact) mass is 176 g/mol. The van der Waals surface area contributed by atoms with Gasteiger partial charge in [0.1, 0.15) is 0 Å². The van der Waals surface area contributed by atoms with Gasteiger partial charge in [-0.05, 0) is 6.42 Å². The molecule has 0 amide bonds. The van der Waals surface area contributed by atoms with E-state index in [1.807, 2.05) is 12.4 Å². The lowest BCUT2D eigenvalue weighted by molar-refractivity contribution is 0.704. The number of aromatic nitrogens is 3. The maximum atomic E-state index is 5.92. The summed E-state index contributed by atoms with van der Waals surface area (Å²) in [5, 5.41) is 4.18. The molecular formula is C9H12N4. The van der Waals surface area contributed by atoms with Crippen LogP contribution in [-0.4, -0.2) is 14.6 Å². The van der Waals surface area contributed by atoms with Gasteiger partial charge in [-0.3, -0.25) is 4.98 Å². The van der Waals surface area contributed by atoms with Crippen molar-refractivity contribution in [3.05, 3.63) is 30.4 Å². The van der Waals surface area contributed by atoms with Gasteiger partial charge in [-0.1, -0.05) is 6.92 Å². The van der Waals surface area contributed by atoms with E-state index >= 15 is 0 Å². The normalized spacial score (nSPS) is 13.4. The van der Waals surface area contributed by atoms with Crippen LogP contribution in [0.15, 0.2) is 24.8 Å². The minimum atomic E-state index is 0.0571. The Kier molecular flexibility index (Phi) is 1.98. The first-order valence-electron chi connectivity index (χ1n) is 4.35. The molecule has 0 fully saturated rings. The number of fused-ring (bicyclic) bond motifs is 1. The maximum absolute atomic E-state index is 5.92. The summed E-state index contributed by atoms with van der Waals surface area (Å²) in [4.78, 5) is 4.05. The second-order valence-electron chi connectivity index (χ2n) is 3.02. The predicted molar refractivity (Wildman–Crippen MR) is 50.2 cm³/mol. The Morgan fingerprint density at radius 1 is 1.54 bits per heavy atom. The van der Waals surface area contributed by atoms with E-state index in [9.17, 15) is 0 Å². The van der Waals surface area contributed by atoms with Gasteiger partial charge in [-0.15, -0.1) is 0 Å². The molecule has 0 aliphatic heterocycles. The summed E-state index contributed by atoms with van der Waals surface area (Å²) in [7, 11) is 0. The van der Waals surface area contributed by atoms with Crippen molar-refractivity contribution in [2.24, 2.45) is 5.73 Å². The molecule has 0 spiro atoms. The lowest BCUT2D eigenvalue weighted by Gasteiger charge is -2.05. The van der Waals surface area contributed by atoms with Crippen molar-refractivity contribution in [2.75, 3.05) is 0 Å². The van der Waals surface area contributed by atoms with Gasteiger partial charge in [0.15, 0.2) is 0 Å². The summed E-state index contributed by atoms with van der Waals surface area (Å²) in [6.45, 7) is 2.06. The SMILES string of the molecule is CCC(N)c1cnn2ccncc12. The molecule has 13 heavy (non-hydrogen) atoms. The average Bonchev–Trinajstić information content (AvgIpc) is 2.60. The molecule has 4 heteroatoms. The lowest BCUT2D eigenvalue weighted by atomic mass is 10.1. The van der Waals surface area contributed by atoms with Gasteiger partial charge in [0.2, 0.25) is 0 Å². The number of hydrogen-bond donors (Lipinski definition) is 1. The van der Waals surface area contributed by atoms with Gasteiger partial charge >= 0.3 is 0 Å². The Morgan fingerprint density at radius 2 is 2.38 bits per heavy atom. The minimum absolute atomic E-state index is 0.0571. The number of rotatable bonds is 2. The Labute approximate surface area is 76.4 Å². The molecule has 0 aliphatic rings.